The maximum absolute atomic E-state index is 12.6. The summed E-state index contributed by atoms with van der Waals surface area (Å²) in [5, 5.41) is 11.5. The number of aromatic nitrogens is 4. The molecule has 0 aliphatic rings. The summed E-state index contributed by atoms with van der Waals surface area (Å²) in [6.45, 7) is 1.51. The molecule has 1 aromatic heterocycles. The fourth-order valence-corrected chi connectivity index (χ4v) is 1.95. The van der Waals surface area contributed by atoms with Gasteiger partial charge in [0.1, 0.15) is 12.3 Å². The van der Waals surface area contributed by atoms with E-state index in [1.807, 2.05) is 0 Å². The minimum atomic E-state index is -4.44. The molecule has 0 unspecified atom stereocenters. The zero-order chi connectivity index (χ0) is 20.0. The molecular weight excluding hydrogens is 369 g/mol. The number of methoxy groups -OCH3 is 1. The number of carbonyl (C=O) groups is 2. The van der Waals surface area contributed by atoms with Crippen molar-refractivity contribution in [2.75, 3.05) is 13.7 Å². The van der Waals surface area contributed by atoms with Gasteiger partial charge in [0.2, 0.25) is 5.82 Å². The Labute approximate surface area is 151 Å². The lowest BCUT2D eigenvalue weighted by Crippen LogP contribution is -2.17. The molecule has 0 saturated carbocycles. The SMILES string of the molecule is CCOC(=O)C(=O)/C=C(\Cn1nnc(-c2ccc(C(F)(F)F)cc2)n1)OC. The van der Waals surface area contributed by atoms with Crippen molar-refractivity contribution in [1.29, 1.82) is 0 Å². The van der Waals surface area contributed by atoms with Crippen molar-refractivity contribution in [1.82, 2.24) is 20.2 Å². The molecule has 11 heteroatoms. The minimum Gasteiger partial charge on any atom is -0.499 e. The highest BCUT2D eigenvalue weighted by molar-refractivity contribution is 6.38. The van der Waals surface area contributed by atoms with Crippen molar-refractivity contribution in [3.63, 3.8) is 0 Å². The number of nitrogens with zero attached hydrogens (tertiary/aromatic N) is 4. The Kier molecular flexibility index (Phi) is 6.27. The van der Waals surface area contributed by atoms with Gasteiger partial charge in [-0.05, 0) is 24.3 Å². The van der Waals surface area contributed by atoms with Gasteiger partial charge in [-0.2, -0.15) is 18.0 Å². The molecule has 2 aromatic rings. The molecule has 0 saturated heterocycles. The average Bonchev–Trinajstić information content (AvgIpc) is 3.09. The van der Waals surface area contributed by atoms with Gasteiger partial charge in [0.05, 0.1) is 19.3 Å². The first-order chi connectivity index (χ1) is 12.7. The fourth-order valence-electron chi connectivity index (χ4n) is 1.95. The number of carbonyl (C=O) groups excluding carboxylic acids is 2. The number of tetrazole rings is 1. The number of allylic oxidation sites excluding steroid dienone is 1. The maximum Gasteiger partial charge on any atom is 0.416 e. The number of alkyl halides is 3. The first-order valence-electron chi connectivity index (χ1n) is 7.65. The summed E-state index contributed by atoms with van der Waals surface area (Å²) in [5.74, 6) is -1.76. The van der Waals surface area contributed by atoms with Gasteiger partial charge >= 0.3 is 12.1 Å². The predicted molar refractivity (Wildman–Crippen MR) is 85.0 cm³/mol. The zero-order valence-corrected chi connectivity index (χ0v) is 14.4. The third-order valence-electron chi connectivity index (χ3n) is 3.25. The van der Waals surface area contributed by atoms with E-state index in [9.17, 15) is 22.8 Å². The van der Waals surface area contributed by atoms with Crippen LogP contribution in [0.25, 0.3) is 11.4 Å². The molecule has 2 rings (SSSR count). The van der Waals surface area contributed by atoms with Crippen LogP contribution in [0.3, 0.4) is 0 Å². The minimum absolute atomic E-state index is 0.0574. The van der Waals surface area contributed by atoms with E-state index in [4.69, 9.17) is 4.74 Å². The van der Waals surface area contributed by atoms with Crippen molar-refractivity contribution in [3.05, 3.63) is 41.7 Å². The van der Waals surface area contributed by atoms with Gasteiger partial charge in [0.15, 0.2) is 0 Å². The summed E-state index contributed by atoms with van der Waals surface area (Å²) in [6, 6.07) is 4.27. The molecule has 144 valence electrons. The summed E-state index contributed by atoms with van der Waals surface area (Å²) >= 11 is 0. The molecule has 1 heterocycles. The van der Waals surface area contributed by atoms with E-state index < -0.39 is 23.5 Å². The Bertz CT molecular complexity index is 844. The van der Waals surface area contributed by atoms with Crippen molar-refractivity contribution < 1.29 is 32.2 Å². The Hall–Kier alpha value is -3.24. The fraction of sp³-hybridized carbons (Fsp3) is 0.312. The number of halogens is 3. The summed E-state index contributed by atoms with van der Waals surface area (Å²) in [7, 11) is 1.29. The molecular formula is C16H15F3N4O4. The Morgan fingerprint density at radius 3 is 2.44 bits per heavy atom. The first-order valence-corrected chi connectivity index (χ1v) is 7.65. The predicted octanol–water partition coefficient (Wildman–Crippen LogP) is 2.02. The Morgan fingerprint density at radius 1 is 1.22 bits per heavy atom. The zero-order valence-electron chi connectivity index (χ0n) is 14.4. The van der Waals surface area contributed by atoms with Gasteiger partial charge in [0, 0.05) is 11.6 Å². The molecule has 0 N–H and O–H groups in total. The van der Waals surface area contributed by atoms with Crippen LogP contribution in [0.2, 0.25) is 0 Å². The first kappa shape index (κ1) is 20.1. The molecule has 0 aliphatic heterocycles. The number of hydrogen-bond donors (Lipinski definition) is 0. The van der Waals surface area contributed by atoms with Gasteiger partial charge in [-0.25, -0.2) is 4.79 Å². The van der Waals surface area contributed by atoms with E-state index in [1.165, 1.54) is 19.2 Å². The second kappa shape index (κ2) is 8.43. The molecule has 0 fully saturated rings. The van der Waals surface area contributed by atoms with E-state index in [0.717, 1.165) is 23.0 Å². The van der Waals surface area contributed by atoms with Crippen LogP contribution in [0.4, 0.5) is 13.2 Å². The maximum atomic E-state index is 12.6. The van der Waals surface area contributed by atoms with Crippen molar-refractivity contribution in [2.45, 2.75) is 19.6 Å². The highest BCUT2D eigenvalue weighted by atomic mass is 19.4. The lowest BCUT2D eigenvalue weighted by molar-refractivity contribution is -0.151. The van der Waals surface area contributed by atoms with Crippen molar-refractivity contribution in [3.8, 4) is 11.4 Å². The molecule has 0 bridgehead atoms. The van der Waals surface area contributed by atoms with Gasteiger partial charge in [-0.1, -0.05) is 12.1 Å². The molecule has 0 amide bonds. The molecule has 0 aliphatic carbocycles. The second-order valence-corrected chi connectivity index (χ2v) is 5.12. The van der Waals surface area contributed by atoms with Gasteiger partial charge in [0.25, 0.3) is 5.78 Å². The number of benzene rings is 1. The topological polar surface area (TPSA) is 96.2 Å². The standard InChI is InChI=1S/C16H15F3N4O4/c1-3-27-15(25)13(24)8-12(26-2)9-23-21-14(20-22-23)10-4-6-11(7-5-10)16(17,18)19/h4-8H,3,9H2,1-2H3/b12-8+. The Balaban J connectivity index is 2.12. The van der Waals surface area contributed by atoms with E-state index >= 15 is 0 Å². The smallest absolute Gasteiger partial charge is 0.416 e. The summed E-state index contributed by atoms with van der Waals surface area (Å²) in [4.78, 5) is 24.0. The number of ether oxygens (including phenoxy) is 2. The van der Waals surface area contributed by atoms with Crippen molar-refractivity contribution >= 4 is 11.8 Å². The summed E-state index contributed by atoms with van der Waals surface area (Å²) in [5.41, 5.74) is -0.458. The van der Waals surface area contributed by atoms with E-state index in [-0.39, 0.29) is 24.7 Å². The normalized spacial score (nSPS) is 12.0. The molecule has 27 heavy (non-hydrogen) atoms. The second-order valence-electron chi connectivity index (χ2n) is 5.12. The number of hydrogen-bond acceptors (Lipinski definition) is 7. The third-order valence-corrected chi connectivity index (χ3v) is 3.25. The van der Waals surface area contributed by atoms with Crippen LogP contribution in [0.5, 0.6) is 0 Å². The van der Waals surface area contributed by atoms with Crippen LogP contribution in [0.1, 0.15) is 12.5 Å². The summed E-state index contributed by atoms with van der Waals surface area (Å²) in [6.07, 6.45) is -3.49. The van der Waals surface area contributed by atoms with Gasteiger partial charge in [-0.3, -0.25) is 4.79 Å². The lowest BCUT2D eigenvalue weighted by atomic mass is 10.1. The summed E-state index contributed by atoms with van der Waals surface area (Å²) < 4.78 is 47.3. The third kappa shape index (κ3) is 5.36. The highest BCUT2D eigenvalue weighted by Crippen LogP contribution is 2.30. The van der Waals surface area contributed by atoms with Crippen LogP contribution in [0, 0.1) is 0 Å². The van der Waals surface area contributed by atoms with Crippen LogP contribution in [-0.2, 0) is 31.8 Å². The largest absolute Gasteiger partial charge is 0.499 e. The van der Waals surface area contributed by atoms with Crippen LogP contribution < -0.4 is 0 Å². The molecule has 1 aromatic carbocycles. The molecule has 0 radical (unpaired) electrons. The van der Waals surface area contributed by atoms with E-state index in [2.05, 4.69) is 20.1 Å². The van der Waals surface area contributed by atoms with Gasteiger partial charge in [-0.15, -0.1) is 10.2 Å². The Morgan fingerprint density at radius 2 is 1.89 bits per heavy atom. The monoisotopic (exact) mass is 384 g/mol. The quantitative estimate of drug-likeness (QED) is 0.312. The highest BCUT2D eigenvalue weighted by Gasteiger charge is 2.30. The van der Waals surface area contributed by atoms with Crippen LogP contribution >= 0.6 is 0 Å². The number of esters is 1. The van der Waals surface area contributed by atoms with Crippen LogP contribution in [0.15, 0.2) is 36.1 Å². The molecule has 0 spiro atoms. The number of ketones is 1. The average molecular weight is 384 g/mol. The van der Waals surface area contributed by atoms with Crippen LogP contribution in [-0.4, -0.2) is 45.7 Å². The molecule has 8 nitrogen and oxygen atoms in total. The van der Waals surface area contributed by atoms with Gasteiger partial charge < -0.3 is 9.47 Å². The lowest BCUT2D eigenvalue weighted by Gasteiger charge is -2.06. The van der Waals surface area contributed by atoms with E-state index in [0.29, 0.717) is 5.56 Å². The van der Waals surface area contributed by atoms with E-state index in [1.54, 1.807) is 6.92 Å². The van der Waals surface area contributed by atoms with Crippen molar-refractivity contribution in [2.24, 2.45) is 0 Å². The molecule has 0 atom stereocenters. The number of rotatable bonds is 7.